The van der Waals surface area contributed by atoms with E-state index in [0.29, 0.717) is 18.0 Å². The van der Waals surface area contributed by atoms with Gasteiger partial charge in [-0.25, -0.2) is 0 Å². The van der Waals surface area contributed by atoms with Gasteiger partial charge >= 0.3 is 10.2 Å². The third kappa shape index (κ3) is 4.57. The molecule has 3 rings (SSSR count). The van der Waals surface area contributed by atoms with E-state index >= 15 is 0 Å². The molecule has 0 aromatic heterocycles. The average molecular weight is 363 g/mol. The highest BCUT2D eigenvalue weighted by atomic mass is 32.3. The summed E-state index contributed by atoms with van der Waals surface area (Å²) in [7, 11) is -4.60. The standard InChI is InChI=1S/C18H18FNO4S/c19-25(22,23)13-15-10-18(21)20(11-15)16-8-4-5-9-17(16)24-12-14-6-2-1-3-7-14/h1-9,15H,10-13H2. The molecule has 2 aromatic carbocycles. The van der Waals surface area contributed by atoms with E-state index in [1.807, 2.05) is 30.3 Å². The quantitative estimate of drug-likeness (QED) is 0.741. The maximum absolute atomic E-state index is 12.9. The lowest BCUT2D eigenvalue weighted by Gasteiger charge is -2.20. The number of benzene rings is 2. The number of ether oxygens (including phenoxy) is 1. The van der Waals surface area contributed by atoms with Gasteiger partial charge in [-0.05, 0) is 17.7 Å². The van der Waals surface area contributed by atoms with Crippen molar-refractivity contribution in [3.8, 4) is 5.75 Å². The number of hydrogen-bond acceptors (Lipinski definition) is 4. The molecule has 1 aliphatic rings. The van der Waals surface area contributed by atoms with Crippen LogP contribution in [0.1, 0.15) is 12.0 Å². The fourth-order valence-corrected chi connectivity index (χ4v) is 3.73. The fourth-order valence-electron chi connectivity index (χ4n) is 2.95. The highest BCUT2D eigenvalue weighted by molar-refractivity contribution is 7.86. The minimum absolute atomic E-state index is 0.0101. The molecule has 0 aliphatic carbocycles. The van der Waals surface area contributed by atoms with Crippen LogP contribution in [0, 0.1) is 5.92 Å². The number of amides is 1. The van der Waals surface area contributed by atoms with Gasteiger partial charge in [0.15, 0.2) is 0 Å². The molecule has 1 fully saturated rings. The maximum Gasteiger partial charge on any atom is 0.302 e. The highest BCUT2D eigenvalue weighted by Crippen LogP contribution is 2.34. The van der Waals surface area contributed by atoms with Gasteiger partial charge < -0.3 is 9.64 Å². The number of nitrogens with zero attached hydrogens (tertiary/aromatic N) is 1. The molecular weight excluding hydrogens is 345 g/mol. The van der Waals surface area contributed by atoms with E-state index in [9.17, 15) is 17.1 Å². The van der Waals surface area contributed by atoms with Crippen LogP contribution in [-0.4, -0.2) is 26.6 Å². The number of hydrogen-bond donors (Lipinski definition) is 0. The summed E-state index contributed by atoms with van der Waals surface area (Å²) >= 11 is 0. The predicted molar refractivity (Wildman–Crippen MR) is 92.6 cm³/mol. The van der Waals surface area contributed by atoms with E-state index in [4.69, 9.17) is 4.74 Å². The molecule has 5 nitrogen and oxygen atoms in total. The van der Waals surface area contributed by atoms with Crippen molar-refractivity contribution in [2.75, 3.05) is 17.2 Å². The molecule has 0 bridgehead atoms. The molecule has 1 aliphatic heterocycles. The Morgan fingerprint density at radius 1 is 1.08 bits per heavy atom. The highest BCUT2D eigenvalue weighted by Gasteiger charge is 2.34. The number of anilines is 1. The van der Waals surface area contributed by atoms with Crippen LogP contribution in [-0.2, 0) is 21.6 Å². The molecule has 2 aromatic rings. The van der Waals surface area contributed by atoms with Crippen molar-refractivity contribution >= 4 is 21.8 Å². The van der Waals surface area contributed by atoms with Crippen LogP contribution in [0.2, 0.25) is 0 Å². The lowest BCUT2D eigenvalue weighted by atomic mass is 10.1. The molecule has 0 N–H and O–H groups in total. The van der Waals surface area contributed by atoms with E-state index in [2.05, 4.69) is 0 Å². The van der Waals surface area contributed by atoms with Crippen molar-refractivity contribution < 1.29 is 21.8 Å². The summed E-state index contributed by atoms with van der Waals surface area (Å²) in [4.78, 5) is 13.7. The Bertz CT molecular complexity index is 854. The molecule has 25 heavy (non-hydrogen) atoms. The third-order valence-corrected chi connectivity index (χ3v) is 4.90. The second kappa shape index (κ2) is 7.23. The first-order valence-corrected chi connectivity index (χ1v) is 9.46. The van der Waals surface area contributed by atoms with Crippen LogP contribution >= 0.6 is 0 Å². The zero-order chi connectivity index (χ0) is 17.9. The van der Waals surface area contributed by atoms with E-state index in [1.54, 1.807) is 24.3 Å². The average Bonchev–Trinajstić information content (AvgIpc) is 2.92. The molecule has 1 amide bonds. The van der Waals surface area contributed by atoms with E-state index in [0.717, 1.165) is 5.56 Å². The number of halogens is 1. The van der Waals surface area contributed by atoms with Crippen LogP contribution in [0.4, 0.5) is 9.57 Å². The molecule has 0 saturated carbocycles. The lowest BCUT2D eigenvalue weighted by molar-refractivity contribution is -0.117. The van der Waals surface area contributed by atoms with Gasteiger partial charge in [0.25, 0.3) is 0 Å². The van der Waals surface area contributed by atoms with Gasteiger partial charge in [0, 0.05) is 18.9 Å². The summed E-state index contributed by atoms with van der Waals surface area (Å²) in [5.74, 6) is -0.889. The summed E-state index contributed by atoms with van der Waals surface area (Å²) in [5.41, 5.74) is 1.56. The number of para-hydroxylation sites is 2. The molecule has 0 radical (unpaired) electrons. The van der Waals surface area contributed by atoms with Gasteiger partial charge in [0.2, 0.25) is 5.91 Å². The van der Waals surface area contributed by atoms with Gasteiger partial charge in [0.1, 0.15) is 12.4 Å². The molecule has 1 saturated heterocycles. The SMILES string of the molecule is O=C1CC(CS(=O)(=O)F)CN1c1ccccc1OCc1ccccc1. The van der Waals surface area contributed by atoms with E-state index in [-0.39, 0.29) is 18.9 Å². The van der Waals surface area contributed by atoms with Crippen molar-refractivity contribution in [2.24, 2.45) is 5.92 Å². The number of carbonyl (C=O) groups excluding carboxylic acids is 1. The van der Waals surface area contributed by atoms with Crippen molar-refractivity contribution in [1.29, 1.82) is 0 Å². The number of carbonyl (C=O) groups is 1. The number of rotatable bonds is 6. The summed E-state index contributed by atoms with van der Waals surface area (Å²) in [5, 5.41) is 0. The smallest absolute Gasteiger partial charge is 0.302 e. The van der Waals surface area contributed by atoms with Gasteiger partial charge in [-0.2, -0.15) is 8.42 Å². The third-order valence-electron chi connectivity index (χ3n) is 4.03. The summed E-state index contributed by atoms with van der Waals surface area (Å²) in [6, 6.07) is 16.7. The van der Waals surface area contributed by atoms with Gasteiger partial charge in [-0.15, -0.1) is 3.89 Å². The Hall–Kier alpha value is -2.41. The fraction of sp³-hybridized carbons (Fsp3) is 0.278. The minimum Gasteiger partial charge on any atom is -0.487 e. The zero-order valence-corrected chi connectivity index (χ0v) is 14.3. The van der Waals surface area contributed by atoms with E-state index < -0.39 is 21.9 Å². The Labute approximate surface area is 146 Å². The Morgan fingerprint density at radius 2 is 1.76 bits per heavy atom. The zero-order valence-electron chi connectivity index (χ0n) is 13.5. The first-order valence-electron chi connectivity index (χ1n) is 7.91. The maximum atomic E-state index is 12.9. The van der Waals surface area contributed by atoms with Gasteiger partial charge in [-0.1, -0.05) is 42.5 Å². The molecule has 1 atom stereocenters. The molecular formula is C18H18FNO4S. The Morgan fingerprint density at radius 3 is 2.48 bits per heavy atom. The van der Waals surface area contributed by atoms with Gasteiger partial charge in [0.05, 0.1) is 11.4 Å². The lowest BCUT2D eigenvalue weighted by Crippen LogP contribution is -2.26. The summed E-state index contributed by atoms with van der Waals surface area (Å²) in [6.07, 6.45) is 0.0101. The molecule has 132 valence electrons. The van der Waals surface area contributed by atoms with Crippen molar-refractivity contribution in [1.82, 2.24) is 0 Å². The van der Waals surface area contributed by atoms with Crippen molar-refractivity contribution in [2.45, 2.75) is 13.0 Å². The summed E-state index contributed by atoms with van der Waals surface area (Å²) in [6.45, 7) is 0.510. The Kier molecular flexibility index (Phi) is 5.03. The van der Waals surface area contributed by atoms with Gasteiger partial charge in [-0.3, -0.25) is 4.79 Å². The van der Waals surface area contributed by atoms with Crippen molar-refractivity contribution in [3.63, 3.8) is 0 Å². The summed E-state index contributed by atoms with van der Waals surface area (Å²) < 4.78 is 40.4. The monoisotopic (exact) mass is 363 g/mol. The molecule has 1 heterocycles. The minimum atomic E-state index is -4.60. The Balaban J connectivity index is 1.75. The topological polar surface area (TPSA) is 63.7 Å². The predicted octanol–water partition coefficient (Wildman–Crippen LogP) is 2.92. The second-order valence-corrected chi connectivity index (χ2v) is 7.43. The van der Waals surface area contributed by atoms with Crippen LogP contribution in [0.25, 0.3) is 0 Å². The second-order valence-electron chi connectivity index (χ2n) is 6.02. The van der Waals surface area contributed by atoms with Crippen molar-refractivity contribution in [3.05, 3.63) is 60.2 Å². The van der Waals surface area contributed by atoms with E-state index in [1.165, 1.54) is 4.90 Å². The van der Waals surface area contributed by atoms with Crippen LogP contribution in [0.15, 0.2) is 54.6 Å². The molecule has 7 heteroatoms. The van der Waals surface area contributed by atoms with Crippen LogP contribution in [0.5, 0.6) is 5.75 Å². The normalized spacial score (nSPS) is 17.7. The van der Waals surface area contributed by atoms with Crippen LogP contribution in [0.3, 0.4) is 0 Å². The molecule has 1 unspecified atom stereocenters. The molecule has 0 spiro atoms. The first kappa shape index (κ1) is 17.4. The first-order chi connectivity index (χ1) is 11.9. The largest absolute Gasteiger partial charge is 0.487 e. The van der Waals surface area contributed by atoms with Crippen LogP contribution < -0.4 is 9.64 Å².